The fourth-order valence-corrected chi connectivity index (χ4v) is 2.95. The number of nitrogens with one attached hydrogen (secondary N) is 1. The van der Waals surface area contributed by atoms with Crippen molar-refractivity contribution in [3.63, 3.8) is 0 Å². The summed E-state index contributed by atoms with van der Waals surface area (Å²) in [5.41, 5.74) is 4.24. The van der Waals surface area contributed by atoms with Crippen LogP contribution >= 0.6 is 0 Å². The topological polar surface area (TPSA) is 95.7 Å². The van der Waals surface area contributed by atoms with Gasteiger partial charge in [0.15, 0.2) is 0 Å². The molecule has 112 valence electrons. The number of carbonyl (C=O) groups is 3. The summed E-state index contributed by atoms with van der Waals surface area (Å²) in [7, 11) is 0. The molecule has 20 heavy (non-hydrogen) atoms. The molecule has 3 N–H and O–H groups in total. The van der Waals surface area contributed by atoms with E-state index in [1.807, 2.05) is 0 Å². The van der Waals surface area contributed by atoms with Gasteiger partial charge < -0.3 is 16.0 Å². The average molecular weight is 282 g/mol. The number of hydrogen-bond acceptors (Lipinski definition) is 4. The van der Waals surface area contributed by atoms with Crippen LogP contribution in [0.15, 0.2) is 0 Å². The lowest BCUT2D eigenvalue weighted by Crippen LogP contribution is -2.55. The zero-order valence-corrected chi connectivity index (χ0v) is 12.0. The third-order valence-corrected chi connectivity index (χ3v) is 3.89. The molecular weight excluding hydrogens is 260 g/mol. The highest BCUT2D eigenvalue weighted by Crippen LogP contribution is 2.29. The monoisotopic (exact) mass is 282 g/mol. The molecule has 7 heteroatoms. The summed E-state index contributed by atoms with van der Waals surface area (Å²) >= 11 is 0. The number of amides is 4. The van der Waals surface area contributed by atoms with Crippen molar-refractivity contribution in [3.8, 4) is 0 Å². The van der Waals surface area contributed by atoms with E-state index in [9.17, 15) is 14.4 Å². The number of hydrogen-bond donors (Lipinski definition) is 2. The molecule has 2 saturated heterocycles. The lowest BCUT2D eigenvalue weighted by atomic mass is 9.87. The molecule has 0 radical (unpaired) electrons. The van der Waals surface area contributed by atoms with Crippen LogP contribution in [0.25, 0.3) is 0 Å². The van der Waals surface area contributed by atoms with Crippen LogP contribution < -0.4 is 11.1 Å². The van der Waals surface area contributed by atoms with Gasteiger partial charge in [0.05, 0.1) is 0 Å². The van der Waals surface area contributed by atoms with Crippen LogP contribution in [0.4, 0.5) is 4.79 Å². The molecule has 2 aliphatic heterocycles. The molecule has 0 aliphatic carbocycles. The number of nitrogens with zero attached hydrogens (tertiary/aromatic N) is 2. The molecule has 7 nitrogen and oxygen atoms in total. The first-order valence-electron chi connectivity index (χ1n) is 6.99. The molecule has 4 amide bonds. The summed E-state index contributed by atoms with van der Waals surface area (Å²) < 4.78 is 0. The van der Waals surface area contributed by atoms with Gasteiger partial charge in [0.2, 0.25) is 5.91 Å². The van der Waals surface area contributed by atoms with Gasteiger partial charge in [0.25, 0.3) is 5.91 Å². The van der Waals surface area contributed by atoms with Gasteiger partial charge in [-0.3, -0.25) is 14.5 Å². The van der Waals surface area contributed by atoms with E-state index in [-0.39, 0.29) is 12.5 Å². The Labute approximate surface area is 118 Å². The number of imide groups is 1. The smallest absolute Gasteiger partial charge is 0.325 e. The van der Waals surface area contributed by atoms with Crippen molar-refractivity contribution in [2.45, 2.75) is 32.2 Å². The number of urea groups is 1. The summed E-state index contributed by atoms with van der Waals surface area (Å²) in [4.78, 5) is 38.4. The second-order valence-corrected chi connectivity index (χ2v) is 6.06. The Hall–Kier alpha value is -1.63. The first-order chi connectivity index (χ1) is 9.34. The Kier molecular flexibility index (Phi) is 3.99. The minimum atomic E-state index is -0.833. The number of rotatable bonds is 4. The molecular formula is C13H22N4O3. The number of likely N-dealkylation sites (tertiary alicyclic amines) is 1. The van der Waals surface area contributed by atoms with Gasteiger partial charge >= 0.3 is 6.03 Å². The molecule has 0 aromatic carbocycles. The number of nitrogens with two attached hydrogens (primary N) is 1. The molecule has 0 aromatic rings. The SMILES string of the molecule is CC(C)CN1CCC2(CC1)NC(=O)N(CC(N)=O)C2=O. The minimum absolute atomic E-state index is 0.314. The van der Waals surface area contributed by atoms with E-state index in [2.05, 4.69) is 24.1 Å². The van der Waals surface area contributed by atoms with Crippen LogP contribution in [-0.2, 0) is 9.59 Å². The van der Waals surface area contributed by atoms with Crippen LogP contribution in [0.1, 0.15) is 26.7 Å². The fraction of sp³-hybridized carbons (Fsp3) is 0.769. The second-order valence-electron chi connectivity index (χ2n) is 6.06. The van der Waals surface area contributed by atoms with Gasteiger partial charge in [-0.15, -0.1) is 0 Å². The third-order valence-electron chi connectivity index (χ3n) is 3.89. The van der Waals surface area contributed by atoms with E-state index >= 15 is 0 Å². The summed E-state index contributed by atoms with van der Waals surface area (Å²) in [6.45, 7) is 6.50. The Morgan fingerprint density at radius 3 is 2.45 bits per heavy atom. The fourth-order valence-electron chi connectivity index (χ4n) is 2.95. The maximum Gasteiger partial charge on any atom is 0.325 e. The molecule has 0 unspecified atom stereocenters. The summed E-state index contributed by atoms with van der Waals surface area (Å²) in [6.07, 6.45) is 1.17. The standard InChI is InChI=1S/C13H22N4O3/c1-9(2)7-16-5-3-13(4-6-16)11(19)17(8-10(14)18)12(20)15-13/h9H,3-8H2,1-2H3,(H2,14,18)(H,15,20). The predicted octanol–water partition coefficient (Wildman–Crippen LogP) is -0.486. The Balaban J connectivity index is 2.02. The van der Waals surface area contributed by atoms with Crippen molar-refractivity contribution in [2.75, 3.05) is 26.2 Å². The minimum Gasteiger partial charge on any atom is -0.368 e. The van der Waals surface area contributed by atoms with Crippen molar-refractivity contribution < 1.29 is 14.4 Å². The van der Waals surface area contributed by atoms with Gasteiger partial charge in [-0.2, -0.15) is 0 Å². The number of carbonyl (C=O) groups excluding carboxylic acids is 3. The molecule has 2 heterocycles. The van der Waals surface area contributed by atoms with E-state index in [1.54, 1.807) is 0 Å². The van der Waals surface area contributed by atoms with Crippen molar-refractivity contribution in [1.29, 1.82) is 0 Å². The van der Waals surface area contributed by atoms with E-state index < -0.39 is 17.5 Å². The van der Waals surface area contributed by atoms with Gasteiger partial charge in [-0.05, 0) is 18.8 Å². The number of primary amides is 1. The largest absolute Gasteiger partial charge is 0.368 e. The zero-order valence-electron chi connectivity index (χ0n) is 12.0. The third kappa shape index (κ3) is 2.77. The van der Waals surface area contributed by atoms with Crippen molar-refractivity contribution in [2.24, 2.45) is 11.7 Å². The van der Waals surface area contributed by atoms with Crippen molar-refractivity contribution in [3.05, 3.63) is 0 Å². The average Bonchev–Trinajstić information content (AvgIpc) is 2.56. The van der Waals surface area contributed by atoms with Gasteiger partial charge in [0, 0.05) is 19.6 Å². The molecule has 0 saturated carbocycles. The van der Waals surface area contributed by atoms with E-state index in [4.69, 9.17) is 5.73 Å². The maximum absolute atomic E-state index is 12.4. The van der Waals surface area contributed by atoms with Crippen LogP contribution in [0.5, 0.6) is 0 Å². The lowest BCUT2D eigenvalue weighted by molar-refractivity contribution is -0.135. The highest BCUT2D eigenvalue weighted by Gasteiger charge is 2.52. The van der Waals surface area contributed by atoms with Crippen molar-refractivity contribution >= 4 is 17.8 Å². The molecule has 2 aliphatic rings. The molecule has 0 bridgehead atoms. The molecule has 2 fully saturated rings. The second kappa shape index (κ2) is 5.40. The Morgan fingerprint density at radius 1 is 1.35 bits per heavy atom. The van der Waals surface area contributed by atoms with Gasteiger partial charge in [-0.25, -0.2) is 4.79 Å². The first-order valence-corrected chi connectivity index (χ1v) is 6.99. The summed E-state index contributed by atoms with van der Waals surface area (Å²) in [6, 6.07) is -0.508. The van der Waals surface area contributed by atoms with Gasteiger partial charge in [0.1, 0.15) is 12.1 Å². The maximum atomic E-state index is 12.4. The lowest BCUT2D eigenvalue weighted by Gasteiger charge is -2.37. The van der Waals surface area contributed by atoms with Crippen LogP contribution in [-0.4, -0.2) is 59.4 Å². The van der Waals surface area contributed by atoms with E-state index in [0.29, 0.717) is 18.8 Å². The Bertz CT molecular complexity index is 427. The normalized spacial score (nSPS) is 22.6. The van der Waals surface area contributed by atoms with Crippen molar-refractivity contribution in [1.82, 2.24) is 15.1 Å². The van der Waals surface area contributed by atoms with Crippen LogP contribution in [0.3, 0.4) is 0 Å². The first kappa shape index (κ1) is 14.8. The van der Waals surface area contributed by atoms with Gasteiger partial charge in [-0.1, -0.05) is 13.8 Å². The molecule has 0 aromatic heterocycles. The van der Waals surface area contributed by atoms with E-state index in [0.717, 1.165) is 24.5 Å². The molecule has 0 atom stereocenters. The summed E-state index contributed by atoms with van der Waals surface area (Å²) in [5, 5.41) is 2.75. The molecule has 2 rings (SSSR count). The highest BCUT2D eigenvalue weighted by molar-refractivity contribution is 6.09. The van der Waals surface area contributed by atoms with E-state index in [1.165, 1.54) is 0 Å². The van der Waals surface area contributed by atoms with Crippen LogP contribution in [0, 0.1) is 5.92 Å². The highest BCUT2D eigenvalue weighted by atomic mass is 16.2. The quantitative estimate of drug-likeness (QED) is 0.680. The number of piperidine rings is 1. The summed E-state index contributed by atoms with van der Waals surface area (Å²) in [5.74, 6) is -0.419. The Morgan fingerprint density at radius 2 is 1.95 bits per heavy atom. The van der Waals surface area contributed by atoms with Crippen LogP contribution in [0.2, 0.25) is 0 Å². The molecule has 1 spiro atoms. The zero-order chi connectivity index (χ0) is 14.9. The predicted molar refractivity (Wildman–Crippen MR) is 72.7 cm³/mol.